The Morgan fingerprint density at radius 1 is 1.29 bits per heavy atom. The van der Waals surface area contributed by atoms with E-state index in [9.17, 15) is 9.18 Å². The van der Waals surface area contributed by atoms with Gasteiger partial charge in [-0.1, -0.05) is 23.7 Å². The number of carboxylic acid groups (broad SMARTS) is 1. The molecule has 2 N–H and O–H groups in total. The molecule has 0 amide bonds. The van der Waals surface area contributed by atoms with Gasteiger partial charge in [0.15, 0.2) is 0 Å². The van der Waals surface area contributed by atoms with Crippen molar-refractivity contribution in [2.75, 3.05) is 0 Å². The van der Waals surface area contributed by atoms with E-state index in [1.165, 1.54) is 18.2 Å². The molecule has 0 spiro atoms. The summed E-state index contributed by atoms with van der Waals surface area (Å²) in [4.78, 5) is 10.9. The van der Waals surface area contributed by atoms with Crippen LogP contribution in [0.5, 0.6) is 0 Å². The highest BCUT2D eigenvalue weighted by atomic mass is 35.5. The van der Waals surface area contributed by atoms with E-state index in [0.29, 0.717) is 10.6 Å². The molecule has 0 fully saturated rings. The first-order chi connectivity index (χ1) is 9.97. The predicted octanol–water partition coefficient (Wildman–Crippen LogP) is 4.03. The minimum absolute atomic E-state index is 0.00449. The maximum absolute atomic E-state index is 13.7. The Morgan fingerprint density at radius 3 is 2.57 bits per heavy atom. The number of carbonyl (C=O) groups is 1. The first-order valence-corrected chi connectivity index (χ1v) is 6.85. The average Bonchev–Trinajstić information content (AvgIpc) is 2.46. The summed E-state index contributed by atoms with van der Waals surface area (Å²) in [5.74, 6) is -1.49. The van der Waals surface area contributed by atoms with Crippen LogP contribution in [-0.4, -0.2) is 11.1 Å². The monoisotopic (exact) mass is 307 g/mol. The number of benzene rings is 2. The van der Waals surface area contributed by atoms with Crippen molar-refractivity contribution in [1.82, 2.24) is 5.32 Å². The molecule has 21 heavy (non-hydrogen) atoms. The number of halogens is 2. The van der Waals surface area contributed by atoms with Gasteiger partial charge in [0.05, 0.1) is 5.56 Å². The van der Waals surface area contributed by atoms with E-state index in [4.69, 9.17) is 16.7 Å². The van der Waals surface area contributed by atoms with Gasteiger partial charge in [-0.15, -0.1) is 0 Å². The average molecular weight is 308 g/mol. The van der Waals surface area contributed by atoms with Gasteiger partial charge in [0.25, 0.3) is 0 Å². The highest BCUT2D eigenvalue weighted by molar-refractivity contribution is 6.30. The van der Waals surface area contributed by atoms with Crippen LogP contribution in [0.15, 0.2) is 42.5 Å². The Hall–Kier alpha value is -1.91. The number of hydrogen-bond acceptors (Lipinski definition) is 2. The molecule has 1 atom stereocenters. The van der Waals surface area contributed by atoms with Crippen molar-refractivity contribution in [1.29, 1.82) is 0 Å². The molecule has 0 aliphatic rings. The van der Waals surface area contributed by atoms with E-state index in [-0.39, 0.29) is 18.2 Å². The number of hydrogen-bond donors (Lipinski definition) is 2. The third-order valence-corrected chi connectivity index (χ3v) is 3.51. The zero-order valence-corrected chi connectivity index (χ0v) is 12.2. The van der Waals surface area contributed by atoms with Gasteiger partial charge in [0.2, 0.25) is 0 Å². The molecule has 2 rings (SSSR count). The van der Waals surface area contributed by atoms with E-state index in [2.05, 4.69) is 5.32 Å². The standard InChI is InChI=1S/C16H15ClFNO2/c1-10(11-2-5-14(17)6-3-11)19-9-13-8-12(16(20)21)4-7-15(13)18/h2-8,10,19H,9H2,1H3,(H,20,21)/t10-/m1/s1. The van der Waals surface area contributed by atoms with Crippen molar-refractivity contribution in [3.05, 3.63) is 70.0 Å². The lowest BCUT2D eigenvalue weighted by molar-refractivity contribution is 0.0696. The predicted molar refractivity (Wildman–Crippen MR) is 80.1 cm³/mol. The van der Waals surface area contributed by atoms with E-state index in [1.807, 2.05) is 19.1 Å². The largest absolute Gasteiger partial charge is 0.478 e. The van der Waals surface area contributed by atoms with E-state index in [1.54, 1.807) is 12.1 Å². The molecule has 2 aromatic rings. The highest BCUT2D eigenvalue weighted by Gasteiger charge is 2.10. The van der Waals surface area contributed by atoms with E-state index >= 15 is 0 Å². The molecule has 110 valence electrons. The molecule has 0 radical (unpaired) electrons. The van der Waals surface area contributed by atoms with E-state index in [0.717, 1.165) is 5.56 Å². The Kier molecular flexibility index (Phi) is 4.94. The second kappa shape index (κ2) is 6.70. The molecule has 2 aromatic carbocycles. The lowest BCUT2D eigenvalue weighted by Gasteiger charge is -2.15. The van der Waals surface area contributed by atoms with Gasteiger partial charge in [0, 0.05) is 23.2 Å². The lowest BCUT2D eigenvalue weighted by atomic mass is 10.1. The van der Waals surface area contributed by atoms with Crippen molar-refractivity contribution in [2.45, 2.75) is 19.5 Å². The van der Waals surface area contributed by atoms with Crippen LogP contribution in [0, 0.1) is 5.82 Å². The number of nitrogens with one attached hydrogen (secondary N) is 1. The molecule has 0 heterocycles. The molecule has 0 aliphatic carbocycles. The third kappa shape index (κ3) is 4.03. The summed E-state index contributed by atoms with van der Waals surface area (Å²) in [6.07, 6.45) is 0. The van der Waals surface area contributed by atoms with Crippen LogP contribution >= 0.6 is 11.6 Å². The molecule has 0 saturated heterocycles. The number of aromatic carboxylic acids is 1. The smallest absolute Gasteiger partial charge is 0.335 e. The van der Waals surface area contributed by atoms with Crippen LogP contribution < -0.4 is 5.32 Å². The Bertz CT molecular complexity index is 643. The number of carboxylic acids is 1. The SMILES string of the molecule is C[C@@H](NCc1cc(C(=O)O)ccc1F)c1ccc(Cl)cc1. The van der Waals surface area contributed by atoms with Gasteiger partial charge in [-0.3, -0.25) is 0 Å². The fourth-order valence-electron chi connectivity index (χ4n) is 1.98. The van der Waals surface area contributed by atoms with Crippen molar-refractivity contribution in [3.63, 3.8) is 0 Å². The normalized spacial score (nSPS) is 12.1. The first-order valence-electron chi connectivity index (χ1n) is 6.48. The molecular weight excluding hydrogens is 293 g/mol. The Morgan fingerprint density at radius 2 is 1.95 bits per heavy atom. The quantitative estimate of drug-likeness (QED) is 0.877. The second-order valence-corrected chi connectivity index (χ2v) is 5.20. The van der Waals surface area contributed by atoms with Gasteiger partial charge < -0.3 is 10.4 Å². The minimum Gasteiger partial charge on any atom is -0.478 e. The summed E-state index contributed by atoms with van der Waals surface area (Å²) in [6.45, 7) is 2.19. The maximum atomic E-state index is 13.7. The third-order valence-electron chi connectivity index (χ3n) is 3.26. The van der Waals surface area contributed by atoms with Crippen LogP contribution in [0.3, 0.4) is 0 Å². The molecular formula is C16H15ClFNO2. The fourth-order valence-corrected chi connectivity index (χ4v) is 2.10. The molecule has 0 bridgehead atoms. The Labute approximate surface area is 127 Å². The van der Waals surface area contributed by atoms with E-state index < -0.39 is 11.8 Å². The van der Waals surface area contributed by atoms with Crippen molar-refractivity contribution >= 4 is 17.6 Å². The van der Waals surface area contributed by atoms with Gasteiger partial charge in [0.1, 0.15) is 5.82 Å². The summed E-state index contributed by atoms with van der Waals surface area (Å²) in [5, 5.41) is 12.8. The van der Waals surface area contributed by atoms with Gasteiger partial charge in [-0.25, -0.2) is 9.18 Å². The fraction of sp³-hybridized carbons (Fsp3) is 0.188. The Balaban J connectivity index is 2.07. The van der Waals surface area contributed by atoms with Crippen LogP contribution in [0.4, 0.5) is 4.39 Å². The van der Waals surface area contributed by atoms with Crippen molar-refractivity contribution in [3.8, 4) is 0 Å². The summed E-state index contributed by atoms with van der Waals surface area (Å²) in [7, 11) is 0. The van der Waals surface area contributed by atoms with Crippen LogP contribution in [0.2, 0.25) is 5.02 Å². The van der Waals surface area contributed by atoms with Crippen LogP contribution in [0.25, 0.3) is 0 Å². The molecule has 0 saturated carbocycles. The van der Waals surface area contributed by atoms with Crippen LogP contribution in [0.1, 0.15) is 34.5 Å². The molecule has 0 unspecified atom stereocenters. The summed E-state index contributed by atoms with van der Waals surface area (Å²) in [5.41, 5.74) is 1.43. The van der Waals surface area contributed by atoms with Crippen molar-refractivity contribution in [2.24, 2.45) is 0 Å². The van der Waals surface area contributed by atoms with Gasteiger partial charge in [-0.05, 0) is 42.8 Å². The first kappa shape index (κ1) is 15.5. The molecule has 3 nitrogen and oxygen atoms in total. The summed E-state index contributed by atoms with van der Waals surface area (Å²) < 4.78 is 13.7. The topological polar surface area (TPSA) is 49.3 Å². The lowest BCUT2D eigenvalue weighted by Crippen LogP contribution is -2.19. The maximum Gasteiger partial charge on any atom is 0.335 e. The van der Waals surface area contributed by atoms with Gasteiger partial charge in [-0.2, -0.15) is 0 Å². The molecule has 0 aromatic heterocycles. The van der Waals surface area contributed by atoms with Crippen LogP contribution in [-0.2, 0) is 6.54 Å². The zero-order valence-electron chi connectivity index (χ0n) is 11.4. The van der Waals surface area contributed by atoms with Gasteiger partial charge >= 0.3 is 5.97 Å². The van der Waals surface area contributed by atoms with Crippen molar-refractivity contribution < 1.29 is 14.3 Å². The summed E-state index contributed by atoms with van der Waals surface area (Å²) >= 11 is 5.83. The second-order valence-electron chi connectivity index (χ2n) is 4.77. The zero-order chi connectivity index (χ0) is 15.4. The molecule has 0 aliphatic heterocycles. The highest BCUT2D eigenvalue weighted by Crippen LogP contribution is 2.17. The number of rotatable bonds is 5. The summed E-state index contributed by atoms with van der Waals surface area (Å²) in [6, 6.07) is 11.1. The minimum atomic E-state index is -1.07. The molecule has 5 heteroatoms.